The molecule has 27 heavy (non-hydrogen) atoms. The Balaban J connectivity index is 1.61. The summed E-state index contributed by atoms with van der Waals surface area (Å²) in [6.07, 6.45) is 0. The second-order valence-corrected chi connectivity index (χ2v) is 7.52. The Morgan fingerprint density at radius 3 is 2.44 bits per heavy atom. The van der Waals surface area contributed by atoms with Gasteiger partial charge in [0, 0.05) is 25.3 Å². The predicted molar refractivity (Wildman–Crippen MR) is 116 cm³/mol. The van der Waals surface area contributed by atoms with E-state index >= 15 is 0 Å². The number of fused-ring (bicyclic) bond motifs is 1. The van der Waals surface area contributed by atoms with Crippen molar-refractivity contribution in [1.29, 1.82) is 0 Å². The summed E-state index contributed by atoms with van der Waals surface area (Å²) in [4.78, 5) is 2.42. The number of nitrogens with zero attached hydrogens (tertiary/aromatic N) is 1. The lowest BCUT2D eigenvalue weighted by molar-refractivity contribution is 0.877. The standard InChI is InChI=1S/C25H26N2/c1-17(2)25-10-9-20(11-18(25)3)21-7-8-22-15-27(16-23(22)13-21)24-6-4-5-19(12-24)14-26/h4-13H,1,14-16,26H2,2-3H3. The first-order valence-electron chi connectivity index (χ1n) is 9.48. The molecule has 0 saturated carbocycles. The summed E-state index contributed by atoms with van der Waals surface area (Å²) in [7, 11) is 0. The molecule has 1 aliphatic heterocycles. The van der Waals surface area contributed by atoms with Crippen LogP contribution in [0.2, 0.25) is 0 Å². The zero-order valence-electron chi connectivity index (χ0n) is 16.1. The molecular formula is C25H26N2. The van der Waals surface area contributed by atoms with Crippen molar-refractivity contribution in [3.63, 3.8) is 0 Å². The van der Waals surface area contributed by atoms with Crippen LogP contribution in [0.1, 0.15) is 34.7 Å². The van der Waals surface area contributed by atoms with Crippen LogP contribution in [0.3, 0.4) is 0 Å². The first-order valence-corrected chi connectivity index (χ1v) is 9.48. The fourth-order valence-electron chi connectivity index (χ4n) is 3.96. The van der Waals surface area contributed by atoms with Crippen LogP contribution in [-0.4, -0.2) is 0 Å². The van der Waals surface area contributed by atoms with Crippen LogP contribution in [-0.2, 0) is 19.6 Å². The normalized spacial score (nSPS) is 12.9. The van der Waals surface area contributed by atoms with Crippen LogP contribution >= 0.6 is 0 Å². The summed E-state index contributed by atoms with van der Waals surface area (Å²) < 4.78 is 0. The number of benzene rings is 3. The van der Waals surface area contributed by atoms with E-state index in [2.05, 4.69) is 86.0 Å². The molecule has 0 fully saturated rings. The van der Waals surface area contributed by atoms with Gasteiger partial charge >= 0.3 is 0 Å². The molecule has 0 aliphatic carbocycles. The van der Waals surface area contributed by atoms with Crippen LogP contribution in [0.5, 0.6) is 0 Å². The highest BCUT2D eigenvalue weighted by Crippen LogP contribution is 2.33. The molecule has 3 aromatic rings. The van der Waals surface area contributed by atoms with Gasteiger partial charge in [0.15, 0.2) is 0 Å². The number of aryl methyl sites for hydroxylation is 1. The second kappa shape index (κ2) is 7.05. The van der Waals surface area contributed by atoms with Crippen LogP contribution in [0.4, 0.5) is 5.69 Å². The zero-order chi connectivity index (χ0) is 19.0. The Hall–Kier alpha value is -2.84. The van der Waals surface area contributed by atoms with Gasteiger partial charge in [0.05, 0.1) is 0 Å². The molecule has 0 amide bonds. The maximum atomic E-state index is 5.80. The van der Waals surface area contributed by atoms with Crippen molar-refractivity contribution in [1.82, 2.24) is 0 Å². The van der Waals surface area contributed by atoms with E-state index in [0.29, 0.717) is 6.54 Å². The summed E-state index contributed by atoms with van der Waals surface area (Å²) in [5.41, 5.74) is 17.2. The highest BCUT2D eigenvalue weighted by atomic mass is 15.1. The first-order chi connectivity index (χ1) is 13.0. The summed E-state index contributed by atoms with van der Waals surface area (Å²) in [5, 5.41) is 0. The van der Waals surface area contributed by atoms with E-state index in [-0.39, 0.29) is 0 Å². The molecule has 0 aromatic heterocycles. The Bertz CT molecular complexity index is 1020. The van der Waals surface area contributed by atoms with Crippen molar-refractivity contribution < 1.29 is 0 Å². The minimum Gasteiger partial charge on any atom is -0.363 e. The number of hydrogen-bond acceptors (Lipinski definition) is 2. The third-order valence-corrected chi connectivity index (χ3v) is 5.46. The molecule has 0 radical (unpaired) electrons. The molecule has 136 valence electrons. The van der Waals surface area contributed by atoms with Gasteiger partial charge in [-0.1, -0.05) is 54.6 Å². The fourth-order valence-corrected chi connectivity index (χ4v) is 3.96. The third kappa shape index (κ3) is 3.41. The number of anilines is 1. The maximum absolute atomic E-state index is 5.80. The molecular weight excluding hydrogens is 328 g/mol. The second-order valence-electron chi connectivity index (χ2n) is 7.52. The highest BCUT2D eigenvalue weighted by Gasteiger charge is 2.20. The van der Waals surface area contributed by atoms with Crippen LogP contribution in [0.15, 0.2) is 67.2 Å². The molecule has 3 aromatic carbocycles. The Labute approximate surface area is 162 Å². The van der Waals surface area contributed by atoms with Crippen molar-refractivity contribution in [2.24, 2.45) is 5.73 Å². The number of nitrogens with two attached hydrogens (primary N) is 1. The zero-order valence-corrected chi connectivity index (χ0v) is 16.1. The Kier molecular flexibility index (Phi) is 4.59. The number of hydrogen-bond donors (Lipinski definition) is 1. The largest absolute Gasteiger partial charge is 0.363 e. The predicted octanol–water partition coefficient (Wildman–Crippen LogP) is 5.67. The molecule has 2 N–H and O–H groups in total. The average Bonchev–Trinajstić information content (AvgIpc) is 3.11. The fraction of sp³-hybridized carbons (Fsp3) is 0.200. The monoisotopic (exact) mass is 354 g/mol. The van der Waals surface area contributed by atoms with E-state index in [4.69, 9.17) is 5.73 Å². The summed E-state index contributed by atoms with van der Waals surface area (Å²) >= 11 is 0. The lowest BCUT2D eigenvalue weighted by Gasteiger charge is -2.18. The smallest absolute Gasteiger partial charge is 0.0436 e. The molecule has 0 unspecified atom stereocenters. The van der Waals surface area contributed by atoms with Crippen molar-refractivity contribution in [2.45, 2.75) is 33.5 Å². The third-order valence-electron chi connectivity index (χ3n) is 5.46. The minimum absolute atomic E-state index is 0.582. The summed E-state index contributed by atoms with van der Waals surface area (Å²) in [5.74, 6) is 0. The van der Waals surface area contributed by atoms with Crippen LogP contribution in [0, 0.1) is 6.92 Å². The van der Waals surface area contributed by atoms with Gasteiger partial charge < -0.3 is 10.6 Å². The van der Waals surface area contributed by atoms with E-state index < -0.39 is 0 Å². The van der Waals surface area contributed by atoms with Crippen molar-refractivity contribution in [2.75, 3.05) is 4.90 Å². The van der Waals surface area contributed by atoms with Crippen molar-refractivity contribution >= 4 is 11.3 Å². The van der Waals surface area contributed by atoms with Crippen molar-refractivity contribution in [3.8, 4) is 11.1 Å². The SMILES string of the molecule is C=C(C)c1ccc(-c2ccc3c(c2)CN(c2cccc(CN)c2)C3)cc1C. The Morgan fingerprint density at radius 1 is 0.963 bits per heavy atom. The van der Waals surface area contributed by atoms with E-state index in [9.17, 15) is 0 Å². The molecule has 2 nitrogen and oxygen atoms in total. The first kappa shape index (κ1) is 17.6. The molecule has 4 rings (SSSR count). The van der Waals surface area contributed by atoms with Crippen LogP contribution in [0.25, 0.3) is 16.7 Å². The number of rotatable bonds is 4. The summed E-state index contributed by atoms with van der Waals surface area (Å²) in [6.45, 7) is 10.8. The van der Waals surface area contributed by atoms with Gasteiger partial charge in [-0.05, 0) is 71.0 Å². The van der Waals surface area contributed by atoms with E-state index in [1.807, 2.05) is 0 Å². The van der Waals surface area contributed by atoms with Gasteiger partial charge in [-0.25, -0.2) is 0 Å². The average molecular weight is 354 g/mol. The quantitative estimate of drug-likeness (QED) is 0.653. The van der Waals surface area contributed by atoms with Gasteiger partial charge in [0.2, 0.25) is 0 Å². The van der Waals surface area contributed by atoms with Gasteiger partial charge in [0.1, 0.15) is 0 Å². The van der Waals surface area contributed by atoms with Gasteiger partial charge in [0.25, 0.3) is 0 Å². The Morgan fingerprint density at radius 2 is 1.70 bits per heavy atom. The lowest BCUT2D eigenvalue weighted by Crippen LogP contribution is -2.14. The minimum atomic E-state index is 0.582. The highest BCUT2D eigenvalue weighted by molar-refractivity contribution is 5.72. The maximum Gasteiger partial charge on any atom is 0.0436 e. The molecule has 2 heteroatoms. The van der Waals surface area contributed by atoms with Crippen molar-refractivity contribution in [3.05, 3.63) is 95.1 Å². The van der Waals surface area contributed by atoms with E-state index in [0.717, 1.165) is 18.7 Å². The molecule has 0 atom stereocenters. The van der Waals surface area contributed by atoms with Gasteiger partial charge in [-0.3, -0.25) is 0 Å². The molecule has 0 spiro atoms. The summed E-state index contributed by atoms with van der Waals surface area (Å²) in [6, 6.07) is 22.1. The number of allylic oxidation sites excluding steroid dienone is 1. The van der Waals surface area contributed by atoms with Crippen LogP contribution < -0.4 is 10.6 Å². The lowest BCUT2D eigenvalue weighted by atomic mass is 9.95. The van der Waals surface area contributed by atoms with Gasteiger partial charge in [-0.15, -0.1) is 0 Å². The molecule has 0 saturated heterocycles. The molecule has 0 bridgehead atoms. The molecule has 1 aliphatic rings. The van der Waals surface area contributed by atoms with Gasteiger partial charge in [-0.2, -0.15) is 0 Å². The van der Waals surface area contributed by atoms with E-state index in [1.54, 1.807) is 0 Å². The molecule has 1 heterocycles. The van der Waals surface area contributed by atoms with E-state index in [1.165, 1.54) is 44.6 Å². The topological polar surface area (TPSA) is 29.3 Å².